The molecule has 0 aliphatic rings. The molecule has 0 spiro atoms. The quantitative estimate of drug-likeness (QED) is 0.305. The molecule has 0 saturated carbocycles. The van der Waals surface area contributed by atoms with Crippen molar-refractivity contribution in [3.05, 3.63) is 75.6 Å². The molecule has 0 fully saturated rings. The van der Waals surface area contributed by atoms with Crippen molar-refractivity contribution in [3.8, 4) is 0 Å². The number of ether oxygens (including phenoxy) is 1. The van der Waals surface area contributed by atoms with Gasteiger partial charge in [-0.2, -0.15) is 0 Å². The van der Waals surface area contributed by atoms with Crippen molar-refractivity contribution in [1.82, 2.24) is 0 Å². The van der Waals surface area contributed by atoms with Crippen molar-refractivity contribution >= 4 is 34.9 Å². The second-order valence-electron chi connectivity index (χ2n) is 4.97. The molecule has 0 heterocycles. The molecule has 2 aromatic rings. The summed E-state index contributed by atoms with van der Waals surface area (Å²) in [7, 11) is 0. The van der Waals surface area contributed by atoms with Crippen LogP contribution in [0.1, 0.15) is 12.5 Å². The molecule has 5 nitrogen and oxygen atoms in total. The second kappa shape index (κ2) is 9.20. The van der Waals surface area contributed by atoms with Crippen LogP contribution in [0.4, 0.5) is 5.69 Å². The van der Waals surface area contributed by atoms with Gasteiger partial charge < -0.3 is 9.84 Å². The van der Waals surface area contributed by atoms with Crippen LogP contribution in [0.3, 0.4) is 0 Å². The highest BCUT2D eigenvalue weighted by Crippen LogP contribution is 2.25. The standard InChI is InChI=1S/C18H16Cl2N2O3/c1-2-25-18(24)17(22-21-15-6-4-3-5-14(15)20)16(23)11-12-7-9-13(19)10-8-12/h3-10,23H,2,11H2,1H3/b17-16-,22-21?. The maximum absolute atomic E-state index is 12.1. The molecule has 0 atom stereocenters. The number of esters is 1. The van der Waals surface area contributed by atoms with Crippen LogP contribution in [0.5, 0.6) is 0 Å². The number of nitrogens with zero attached hydrogens (tertiary/aromatic N) is 2. The molecule has 0 unspecified atom stereocenters. The van der Waals surface area contributed by atoms with Gasteiger partial charge in [0.05, 0.1) is 11.6 Å². The maximum atomic E-state index is 12.1. The molecule has 0 saturated heterocycles. The summed E-state index contributed by atoms with van der Waals surface area (Å²) in [5, 5.41) is 19.1. The lowest BCUT2D eigenvalue weighted by atomic mass is 10.1. The van der Waals surface area contributed by atoms with E-state index in [4.69, 9.17) is 27.9 Å². The van der Waals surface area contributed by atoms with Crippen LogP contribution in [-0.2, 0) is 16.0 Å². The molecule has 0 aliphatic carbocycles. The molecule has 2 aromatic carbocycles. The highest BCUT2D eigenvalue weighted by atomic mass is 35.5. The smallest absolute Gasteiger partial charge is 0.362 e. The third-order valence-corrected chi connectivity index (χ3v) is 3.71. The molecule has 0 radical (unpaired) electrons. The number of aliphatic hydroxyl groups is 1. The zero-order valence-corrected chi connectivity index (χ0v) is 15.0. The van der Waals surface area contributed by atoms with E-state index in [9.17, 15) is 9.90 Å². The Balaban J connectivity index is 2.32. The number of hydrogen-bond donors (Lipinski definition) is 1. The van der Waals surface area contributed by atoms with Crippen molar-refractivity contribution in [1.29, 1.82) is 0 Å². The zero-order valence-electron chi connectivity index (χ0n) is 13.4. The first-order valence-electron chi connectivity index (χ1n) is 7.51. The topological polar surface area (TPSA) is 71.2 Å². The first-order valence-corrected chi connectivity index (χ1v) is 8.26. The molecule has 2 rings (SSSR count). The van der Waals surface area contributed by atoms with Gasteiger partial charge in [0, 0.05) is 11.4 Å². The van der Waals surface area contributed by atoms with Crippen LogP contribution >= 0.6 is 23.2 Å². The van der Waals surface area contributed by atoms with Gasteiger partial charge in [0.15, 0.2) is 0 Å². The number of azo groups is 1. The van der Waals surface area contributed by atoms with E-state index >= 15 is 0 Å². The van der Waals surface area contributed by atoms with Crippen molar-refractivity contribution in [3.63, 3.8) is 0 Å². The number of halogens is 2. The van der Waals surface area contributed by atoms with Gasteiger partial charge in [-0.1, -0.05) is 47.5 Å². The Labute approximate surface area is 155 Å². The van der Waals surface area contributed by atoms with Crippen LogP contribution in [-0.4, -0.2) is 17.7 Å². The molecule has 0 aromatic heterocycles. The maximum Gasteiger partial charge on any atom is 0.362 e. The van der Waals surface area contributed by atoms with Crippen LogP contribution < -0.4 is 0 Å². The molecule has 1 N–H and O–H groups in total. The normalized spacial score (nSPS) is 12.1. The summed E-state index contributed by atoms with van der Waals surface area (Å²) in [6.07, 6.45) is 0.0901. The number of rotatable bonds is 6. The van der Waals surface area contributed by atoms with Crippen LogP contribution in [0.15, 0.2) is 70.2 Å². The Morgan fingerprint density at radius 3 is 2.44 bits per heavy atom. The summed E-state index contributed by atoms with van der Waals surface area (Å²) in [6, 6.07) is 13.7. The largest absolute Gasteiger partial charge is 0.509 e. The van der Waals surface area contributed by atoms with Crippen molar-refractivity contribution in [2.45, 2.75) is 13.3 Å². The highest BCUT2D eigenvalue weighted by Gasteiger charge is 2.17. The number of hydrogen-bond acceptors (Lipinski definition) is 5. The number of allylic oxidation sites excluding steroid dienone is 1. The van der Waals surface area contributed by atoms with Crippen molar-refractivity contribution in [2.24, 2.45) is 10.2 Å². The van der Waals surface area contributed by atoms with E-state index in [-0.39, 0.29) is 24.5 Å². The Hall–Kier alpha value is -2.37. The van der Waals surface area contributed by atoms with Gasteiger partial charge in [-0.15, -0.1) is 10.2 Å². The number of carbonyl (C=O) groups is 1. The Kier molecular flexibility index (Phi) is 6.98. The van der Waals surface area contributed by atoms with E-state index in [2.05, 4.69) is 10.2 Å². The molecule has 0 aliphatic heterocycles. The van der Waals surface area contributed by atoms with Gasteiger partial charge in [0.2, 0.25) is 5.70 Å². The Morgan fingerprint density at radius 1 is 1.12 bits per heavy atom. The third kappa shape index (κ3) is 5.59. The van der Waals surface area contributed by atoms with E-state index in [0.717, 1.165) is 5.56 Å². The predicted molar refractivity (Wildman–Crippen MR) is 97.4 cm³/mol. The first-order chi connectivity index (χ1) is 12.0. The van der Waals surface area contributed by atoms with Crippen LogP contribution in [0.25, 0.3) is 0 Å². The lowest BCUT2D eigenvalue weighted by Crippen LogP contribution is -2.09. The lowest BCUT2D eigenvalue weighted by molar-refractivity contribution is -0.138. The number of carbonyl (C=O) groups excluding carboxylic acids is 1. The average molecular weight is 379 g/mol. The monoisotopic (exact) mass is 378 g/mol. The summed E-state index contributed by atoms with van der Waals surface area (Å²) < 4.78 is 4.94. The number of aliphatic hydroxyl groups excluding tert-OH is 1. The Morgan fingerprint density at radius 2 is 1.80 bits per heavy atom. The molecule has 7 heteroatoms. The minimum Gasteiger partial charge on any atom is -0.509 e. The molecule has 0 amide bonds. The highest BCUT2D eigenvalue weighted by molar-refractivity contribution is 6.32. The SMILES string of the molecule is CCOC(=O)/C(N=Nc1ccccc1Cl)=C(/O)Cc1ccc(Cl)cc1. The minimum absolute atomic E-state index is 0.0901. The van der Waals surface area contributed by atoms with Crippen LogP contribution in [0, 0.1) is 0 Å². The fraction of sp³-hybridized carbons (Fsp3) is 0.167. The van der Waals surface area contributed by atoms with E-state index < -0.39 is 5.97 Å². The Bertz CT molecular complexity index is 802. The molecule has 25 heavy (non-hydrogen) atoms. The van der Waals surface area contributed by atoms with Gasteiger partial charge in [-0.3, -0.25) is 0 Å². The molecular weight excluding hydrogens is 363 g/mol. The summed E-state index contributed by atoms with van der Waals surface area (Å²) in [4.78, 5) is 12.1. The third-order valence-electron chi connectivity index (χ3n) is 3.14. The fourth-order valence-electron chi connectivity index (χ4n) is 1.93. The predicted octanol–water partition coefficient (Wildman–Crippen LogP) is 5.65. The molecule has 0 bridgehead atoms. The van der Waals surface area contributed by atoms with Gasteiger partial charge in [0.25, 0.3) is 0 Å². The lowest BCUT2D eigenvalue weighted by Gasteiger charge is -2.06. The van der Waals surface area contributed by atoms with Gasteiger partial charge in [-0.05, 0) is 36.8 Å². The van der Waals surface area contributed by atoms with Gasteiger partial charge in [0.1, 0.15) is 11.4 Å². The summed E-state index contributed by atoms with van der Waals surface area (Å²) >= 11 is 11.9. The minimum atomic E-state index is -0.759. The zero-order chi connectivity index (χ0) is 18.2. The van der Waals surface area contributed by atoms with Crippen molar-refractivity contribution in [2.75, 3.05) is 6.61 Å². The summed E-state index contributed by atoms with van der Waals surface area (Å²) in [5.41, 5.74) is 0.874. The number of benzene rings is 2. The second-order valence-corrected chi connectivity index (χ2v) is 5.81. The average Bonchev–Trinajstić information content (AvgIpc) is 2.59. The summed E-state index contributed by atoms with van der Waals surface area (Å²) in [5.74, 6) is -1.01. The van der Waals surface area contributed by atoms with Crippen LogP contribution in [0.2, 0.25) is 10.0 Å². The van der Waals surface area contributed by atoms with E-state index in [0.29, 0.717) is 15.7 Å². The summed E-state index contributed by atoms with van der Waals surface area (Å²) in [6.45, 7) is 1.81. The van der Waals surface area contributed by atoms with Gasteiger partial charge >= 0.3 is 5.97 Å². The van der Waals surface area contributed by atoms with E-state index in [1.165, 1.54) is 0 Å². The van der Waals surface area contributed by atoms with Crippen molar-refractivity contribution < 1.29 is 14.6 Å². The van der Waals surface area contributed by atoms with E-state index in [1.807, 2.05) is 0 Å². The first kappa shape index (κ1) is 19.0. The van der Waals surface area contributed by atoms with E-state index in [1.54, 1.807) is 55.5 Å². The molecule has 130 valence electrons. The fourth-order valence-corrected chi connectivity index (χ4v) is 2.23. The molecular formula is C18H16Cl2N2O3. The van der Waals surface area contributed by atoms with Gasteiger partial charge in [-0.25, -0.2) is 4.79 Å².